The number of carbonyl (C=O) groups excluding carboxylic acids is 2. The molecule has 5 nitrogen and oxygen atoms in total. The minimum atomic E-state index is -0.387. The molecule has 108 valence electrons. The van der Waals surface area contributed by atoms with E-state index in [0.717, 1.165) is 5.56 Å². The van der Waals surface area contributed by atoms with Gasteiger partial charge < -0.3 is 15.5 Å². The Morgan fingerprint density at radius 3 is 2.55 bits per heavy atom. The van der Waals surface area contributed by atoms with Gasteiger partial charge in [-0.15, -0.1) is 0 Å². The SMILES string of the molecule is CN(C)C(CN1CC(C(N)=O)CC1=O)c1ccccc1. The molecule has 20 heavy (non-hydrogen) atoms. The Bertz CT molecular complexity index is 487. The van der Waals surface area contributed by atoms with E-state index >= 15 is 0 Å². The van der Waals surface area contributed by atoms with Gasteiger partial charge in [0.25, 0.3) is 0 Å². The van der Waals surface area contributed by atoms with Gasteiger partial charge in [0, 0.05) is 19.5 Å². The predicted molar refractivity (Wildman–Crippen MR) is 76.8 cm³/mol. The number of nitrogens with two attached hydrogens (primary N) is 1. The summed E-state index contributed by atoms with van der Waals surface area (Å²) in [5.41, 5.74) is 6.46. The number of benzene rings is 1. The van der Waals surface area contributed by atoms with Crippen LogP contribution in [-0.4, -0.2) is 48.8 Å². The first-order chi connectivity index (χ1) is 9.49. The molecule has 2 rings (SSSR count). The van der Waals surface area contributed by atoms with Crippen molar-refractivity contribution in [2.24, 2.45) is 11.7 Å². The Kier molecular flexibility index (Phi) is 4.39. The van der Waals surface area contributed by atoms with E-state index in [1.165, 1.54) is 0 Å². The largest absolute Gasteiger partial charge is 0.369 e. The highest BCUT2D eigenvalue weighted by Gasteiger charge is 2.34. The molecule has 1 aromatic rings. The fraction of sp³-hybridized carbons (Fsp3) is 0.467. The number of carbonyl (C=O) groups is 2. The predicted octanol–water partition coefficient (Wildman–Crippen LogP) is 0.623. The number of amides is 2. The monoisotopic (exact) mass is 275 g/mol. The minimum absolute atomic E-state index is 0.0107. The van der Waals surface area contributed by atoms with Crippen molar-refractivity contribution in [2.75, 3.05) is 27.2 Å². The third-order valence-corrected chi connectivity index (χ3v) is 3.82. The summed E-state index contributed by atoms with van der Waals surface area (Å²) in [6.07, 6.45) is 0.240. The van der Waals surface area contributed by atoms with Crippen molar-refractivity contribution in [1.29, 1.82) is 0 Å². The van der Waals surface area contributed by atoms with Crippen LogP contribution in [0, 0.1) is 5.92 Å². The lowest BCUT2D eigenvalue weighted by Crippen LogP contribution is -2.36. The molecule has 5 heteroatoms. The number of likely N-dealkylation sites (N-methyl/N-ethyl adjacent to an activating group) is 1. The van der Waals surface area contributed by atoms with E-state index in [4.69, 9.17) is 5.73 Å². The van der Waals surface area contributed by atoms with Crippen LogP contribution in [0.25, 0.3) is 0 Å². The first-order valence-electron chi connectivity index (χ1n) is 6.77. The maximum atomic E-state index is 12.0. The summed E-state index contributed by atoms with van der Waals surface area (Å²) in [7, 11) is 3.98. The molecule has 2 N–H and O–H groups in total. The van der Waals surface area contributed by atoms with Gasteiger partial charge in [-0.25, -0.2) is 0 Å². The van der Waals surface area contributed by atoms with Gasteiger partial charge in [0.1, 0.15) is 0 Å². The molecule has 1 heterocycles. The summed E-state index contributed by atoms with van der Waals surface area (Å²) in [5.74, 6) is -0.723. The van der Waals surface area contributed by atoms with Crippen LogP contribution in [0.2, 0.25) is 0 Å². The topological polar surface area (TPSA) is 66.6 Å². The van der Waals surface area contributed by atoms with E-state index in [9.17, 15) is 9.59 Å². The fourth-order valence-corrected chi connectivity index (χ4v) is 2.59. The van der Waals surface area contributed by atoms with Crippen molar-refractivity contribution in [3.05, 3.63) is 35.9 Å². The van der Waals surface area contributed by atoms with Gasteiger partial charge >= 0.3 is 0 Å². The lowest BCUT2D eigenvalue weighted by Gasteiger charge is -2.29. The van der Waals surface area contributed by atoms with Crippen LogP contribution >= 0.6 is 0 Å². The summed E-state index contributed by atoms with van der Waals surface area (Å²) >= 11 is 0. The van der Waals surface area contributed by atoms with E-state index in [-0.39, 0.29) is 30.2 Å². The van der Waals surface area contributed by atoms with Gasteiger partial charge in [0.2, 0.25) is 11.8 Å². The van der Waals surface area contributed by atoms with Gasteiger partial charge in [0.15, 0.2) is 0 Å². The first kappa shape index (κ1) is 14.5. The summed E-state index contributed by atoms with van der Waals surface area (Å²) in [6, 6.07) is 10.2. The Morgan fingerprint density at radius 1 is 1.40 bits per heavy atom. The Labute approximate surface area is 119 Å². The molecule has 1 saturated heterocycles. The second-order valence-electron chi connectivity index (χ2n) is 5.49. The minimum Gasteiger partial charge on any atom is -0.369 e. The highest BCUT2D eigenvalue weighted by atomic mass is 16.2. The summed E-state index contributed by atoms with van der Waals surface area (Å²) < 4.78 is 0. The molecular weight excluding hydrogens is 254 g/mol. The van der Waals surface area contributed by atoms with E-state index in [2.05, 4.69) is 17.0 Å². The van der Waals surface area contributed by atoms with Crippen LogP contribution < -0.4 is 5.73 Å². The Balaban J connectivity index is 2.10. The molecular formula is C15H21N3O2. The van der Waals surface area contributed by atoms with Crippen molar-refractivity contribution >= 4 is 11.8 Å². The highest BCUT2D eigenvalue weighted by Crippen LogP contribution is 2.24. The summed E-state index contributed by atoms with van der Waals surface area (Å²) in [4.78, 5) is 27.0. The maximum Gasteiger partial charge on any atom is 0.223 e. The van der Waals surface area contributed by atoms with E-state index in [1.807, 2.05) is 32.3 Å². The Hall–Kier alpha value is -1.88. The number of rotatable bonds is 5. The number of hydrogen-bond donors (Lipinski definition) is 1. The molecule has 2 atom stereocenters. The zero-order valence-electron chi connectivity index (χ0n) is 12.0. The van der Waals surface area contributed by atoms with Gasteiger partial charge in [-0.1, -0.05) is 30.3 Å². The molecule has 0 aliphatic carbocycles. The standard InChI is InChI=1S/C15H21N3O2/c1-17(2)13(11-6-4-3-5-7-11)10-18-9-12(15(16)20)8-14(18)19/h3-7,12-13H,8-10H2,1-2H3,(H2,16,20). The number of hydrogen-bond acceptors (Lipinski definition) is 3. The van der Waals surface area contributed by atoms with E-state index < -0.39 is 0 Å². The molecule has 0 radical (unpaired) electrons. The van der Waals surface area contributed by atoms with Crippen LogP contribution in [0.1, 0.15) is 18.0 Å². The van der Waals surface area contributed by atoms with Gasteiger partial charge in [-0.05, 0) is 19.7 Å². The van der Waals surface area contributed by atoms with Crippen LogP contribution in [0.5, 0.6) is 0 Å². The quantitative estimate of drug-likeness (QED) is 0.857. The average molecular weight is 275 g/mol. The molecule has 0 bridgehead atoms. The average Bonchev–Trinajstić information content (AvgIpc) is 2.78. The highest BCUT2D eigenvalue weighted by molar-refractivity contribution is 5.88. The third kappa shape index (κ3) is 3.17. The second-order valence-corrected chi connectivity index (χ2v) is 5.49. The molecule has 1 aliphatic heterocycles. The molecule has 0 spiro atoms. The second kappa shape index (κ2) is 6.05. The summed E-state index contributed by atoms with van der Waals surface area (Å²) in [6.45, 7) is 1.02. The van der Waals surface area contributed by atoms with Gasteiger partial charge in [-0.2, -0.15) is 0 Å². The van der Waals surface area contributed by atoms with Crippen LogP contribution in [0.15, 0.2) is 30.3 Å². The Morgan fingerprint density at radius 2 is 2.05 bits per heavy atom. The molecule has 0 aromatic heterocycles. The first-order valence-corrected chi connectivity index (χ1v) is 6.77. The molecule has 1 aliphatic rings. The lowest BCUT2D eigenvalue weighted by molar-refractivity contribution is -0.129. The molecule has 1 aromatic carbocycles. The lowest BCUT2D eigenvalue weighted by atomic mass is 10.1. The smallest absolute Gasteiger partial charge is 0.223 e. The van der Waals surface area contributed by atoms with Crippen LogP contribution in [0.3, 0.4) is 0 Å². The van der Waals surface area contributed by atoms with Gasteiger partial charge in [-0.3, -0.25) is 9.59 Å². The van der Waals surface area contributed by atoms with Crippen molar-refractivity contribution in [2.45, 2.75) is 12.5 Å². The van der Waals surface area contributed by atoms with Crippen LogP contribution in [-0.2, 0) is 9.59 Å². The zero-order valence-corrected chi connectivity index (χ0v) is 12.0. The molecule has 2 unspecified atom stereocenters. The van der Waals surface area contributed by atoms with E-state index in [1.54, 1.807) is 4.90 Å². The molecule has 1 fully saturated rings. The van der Waals surface area contributed by atoms with Crippen molar-refractivity contribution in [3.8, 4) is 0 Å². The molecule has 0 saturated carbocycles. The number of likely N-dealkylation sites (tertiary alicyclic amines) is 1. The van der Waals surface area contributed by atoms with Crippen molar-refractivity contribution in [3.63, 3.8) is 0 Å². The van der Waals surface area contributed by atoms with E-state index in [0.29, 0.717) is 13.1 Å². The zero-order chi connectivity index (χ0) is 14.7. The number of nitrogens with zero attached hydrogens (tertiary/aromatic N) is 2. The third-order valence-electron chi connectivity index (χ3n) is 3.82. The van der Waals surface area contributed by atoms with Crippen molar-refractivity contribution < 1.29 is 9.59 Å². The van der Waals surface area contributed by atoms with Crippen LogP contribution in [0.4, 0.5) is 0 Å². The maximum absolute atomic E-state index is 12.0. The normalized spacial score (nSPS) is 20.4. The van der Waals surface area contributed by atoms with Gasteiger partial charge in [0.05, 0.1) is 12.0 Å². The summed E-state index contributed by atoms with van der Waals surface area (Å²) in [5, 5.41) is 0. The number of primary amides is 1. The fourth-order valence-electron chi connectivity index (χ4n) is 2.59. The molecule has 2 amide bonds. The van der Waals surface area contributed by atoms with Crippen molar-refractivity contribution in [1.82, 2.24) is 9.80 Å².